The number of rotatable bonds is 3. The highest BCUT2D eigenvalue weighted by Gasteiger charge is 2.11. The van der Waals surface area contributed by atoms with E-state index in [1.54, 1.807) is 11.3 Å². The second-order valence-corrected chi connectivity index (χ2v) is 4.55. The maximum Gasteiger partial charge on any atom is 0.100 e. The van der Waals surface area contributed by atoms with Crippen LogP contribution >= 0.6 is 27.3 Å². The molecule has 68 valence electrons. The zero-order chi connectivity index (χ0) is 9.14. The van der Waals surface area contributed by atoms with Crippen LogP contribution in [0.1, 0.15) is 22.8 Å². The number of aryl methyl sites for hydroxylation is 1. The van der Waals surface area contributed by atoms with Gasteiger partial charge in [-0.15, -0.1) is 11.3 Å². The van der Waals surface area contributed by atoms with Crippen LogP contribution in [0.25, 0.3) is 0 Å². The number of hydrogen-bond acceptors (Lipinski definition) is 3. The van der Waals surface area contributed by atoms with Gasteiger partial charge >= 0.3 is 0 Å². The molecular formula is C8H12BrNOS. The quantitative estimate of drug-likeness (QED) is 0.862. The van der Waals surface area contributed by atoms with Crippen molar-refractivity contribution in [3.8, 4) is 0 Å². The van der Waals surface area contributed by atoms with E-state index in [0.29, 0.717) is 0 Å². The Morgan fingerprint density at radius 2 is 2.42 bits per heavy atom. The van der Waals surface area contributed by atoms with Crippen molar-refractivity contribution in [2.24, 2.45) is 5.73 Å². The molecule has 1 unspecified atom stereocenters. The minimum absolute atomic E-state index is 0.288. The molecule has 2 nitrogen and oxygen atoms in total. The molecule has 1 aromatic heterocycles. The summed E-state index contributed by atoms with van der Waals surface area (Å²) in [6.07, 6.45) is 0.481. The Hall–Kier alpha value is 0.100. The Kier molecular flexibility index (Phi) is 3.71. The van der Waals surface area contributed by atoms with Gasteiger partial charge < -0.3 is 10.8 Å². The van der Waals surface area contributed by atoms with Crippen molar-refractivity contribution >= 4 is 27.3 Å². The van der Waals surface area contributed by atoms with Gasteiger partial charge in [-0.3, -0.25) is 0 Å². The van der Waals surface area contributed by atoms with Gasteiger partial charge in [-0.25, -0.2) is 0 Å². The van der Waals surface area contributed by atoms with Crippen LogP contribution in [0.3, 0.4) is 0 Å². The molecule has 0 radical (unpaired) electrons. The normalized spacial score (nSPS) is 13.3. The van der Waals surface area contributed by atoms with Gasteiger partial charge in [0.25, 0.3) is 0 Å². The van der Waals surface area contributed by atoms with E-state index in [0.717, 1.165) is 15.8 Å². The molecule has 4 heteroatoms. The number of halogens is 1. The molecule has 0 bridgehead atoms. The van der Waals surface area contributed by atoms with Gasteiger partial charge in [0, 0.05) is 20.8 Å². The molecule has 0 amide bonds. The molecular weight excluding hydrogens is 238 g/mol. The molecule has 0 aliphatic carbocycles. The predicted octanol–water partition coefficient (Wildman–Crippen LogP) is 2.07. The lowest BCUT2D eigenvalue weighted by Gasteiger charge is -2.02. The van der Waals surface area contributed by atoms with Crippen LogP contribution in [0.2, 0.25) is 0 Å². The van der Waals surface area contributed by atoms with Crippen molar-refractivity contribution < 1.29 is 5.11 Å². The van der Waals surface area contributed by atoms with Gasteiger partial charge in [-0.05, 0) is 28.4 Å². The topological polar surface area (TPSA) is 46.2 Å². The lowest BCUT2D eigenvalue weighted by atomic mass is 10.3. The number of aliphatic hydroxyl groups is 1. The highest BCUT2D eigenvalue weighted by Crippen LogP contribution is 2.31. The van der Waals surface area contributed by atoms with Gasteiger partial charge in [-0.1, -0.05) is 6.92 Å². The summed E-state index contributed by atoms with van der Waals surface area (Å²) in [6, 6.07) is 1.95. The molecule has 0 aliphatic heterocycles. The highest BCUT2D eigenvalue weighted by atomic mass is 79.9. The van der Waals surface area contributed by atoms with E-state index in [-0.39, 0.29) is 6.54 Å². The first-order valence-corrected chi connectivity index (χ1v) is 5.46. The first-order chi connectivity index (χ1) is 5.69. The first-order valence-electron chi connectivity index (χ1n) is 3.85. The summed E-state index contributed by atoms with van der Waals surface area (Å²) in [7, 11) is 0. The number of hydrogen-bond donors (Lipinski definition) is 2. The molecule has 1 aromatic rings. The van der Waals surface area contributed by atoms with Crippen molar-refractivity contribution in [3.05, 3.63) is 20.3 Å². The Morgan fingerprint density at radius 3 is 2.83 bits per heavy atom. The predicted molar refractivity (Wildman–Crippen MR) is 55.4 cm³/mol. The molecule has 0 saturated carbocycles. The van der Waals surface area contributed by atoms with E-state index in [1.165, 1.54) is 4.88 Å². The van der Waals surface area contributed by atoms with Crippen LogP contribution < -0.4 is 5.73 Å². The standard InChI is InChI=1S/C8H12BrNOS/c1-2-7-5(9)3-8(12-7)6(11)4-10/h3,6,11H,2,4,10H2,1H3. The van der Waals surface area contributed by atoms with Crippen molar-refractivity contribution in [2.75, 3.05) is 6.54 Å². The summed E-state index contributed by atoms with van der Waals surface area (Å²) >= 11 is 5.05. The van der Waals surface area contributed by atoms with Gasteiger partial charge in [0.2, 0.25) is 0 Å². The van der Waals surface area contributed by atoms with Crippen LogP contribution in [0.4, 0.5) is 0 Å². The highest BCUT2D eigenvalue weighted by molar-refractivity contribution is 9.10. The third kappa shape index (κ3) is 2.07. The van der Waals surface area contributed by atoms with E-state index in [1.807, 2.05) is 6.07 Å². The minimum atomic E-state index is -0.508. The average Bonchev–Trinajstić information content (AvgIpc) is 2.45. The van der Waals surface area contributed by atoms with Crippen LogP contribution in [0.5, 0.6) is 0 Å². The van der Waals surface area contributed by atoms with E-state index in [2.05, 4.69) is 22.9 Å². The molecule has 0 aliphatic rings. The Labute approximate surface area is 84.5 Å². The van der Waals surface area contributed by atoms with Gasteiger partial charge in [0.15, 0.2) is 0 Å². The molecule has 1 atom stereocenters. The summed E-state index contributed by atoms with van der Waals surface area (Å²) < 4.78 is 1.08. The van der Waals surface area contributed by atoms with Crippen LogP contribution in [0, 0.1) is 0 Å². The summed E-state index contributed by atoms with van der Waals surface area (Å²) in [4.78, 5) is 2.21. The molecule has 1 rings (SSSR count). The van der Waals surface area contributed by atoms with Crippen molar-refractivity contribution in [3.63, 3.8) is 0 Å². The Morgan fingerprint density at radius 1 is 1.75 bits per heavy atom. The zero-order valence-electron chi connectivity index (χ0n) is 6.88. The summed E-state index contributed by atoms with van der Waals surface area (Å²) in [6.45, 7) is 2.38. The zero-order valence-corrected chi connectivity index (χ0v) is 9.28. The third-order valence-electron chi connectivity index (χ3n) is 1.65. The summed E-state index contributed by atoms with van der Waals surface area (Å²) in [5, 5.41) is 9.43. The summed E-state index contributed by atoms with van der Waals surface area (Å²) in [5.41, 5.74) is 5.35. The van der Waals surface area contributed by atoms with Crippen molar-refractivity contribution in [1.29, 1.82) is 0 Å². The van der Waals surface area contributed by atoms with Gasteiger partial charge in [0.05, 0.1) is 0 Å². The van der Waals surface area contributed by atoms with E-state index < -0.39 is 6.10 Å². The van der Waals surface area contributed by atoms with E-state index in [9.17, 15) is 5.11 Å². The Bertz CT molecular complexity index is 262. The first kappa shape index (κ1) is 10.2. The lowest BCUT2D eigenvalue weighted by Crippen LogP contribution is -2.09. The fraction of sp³-hybridized carbons (Fsp3) is 0.500. The molecule has 0 spiro atoms. The molecule has 3 N–H and O–H groups in total. The van der Waals surface area contributed by atoms with Crippen molar-refractivity contribution in [1.82, 2.24) is 0 Å². The number of thiophene rings is 1. The van der Waals surface area contributed by atoms with Crippen molar-refractivity contribution in [2.45, 2.75) is 19.4 Å². The average molecular weight is 250 g/mol. The molecule has 0 fully saturated rings. The SMILES string of the molecule is CCc1sc(C(O)CN)cc1Br. The maximum absolute atomic E-state index is 9.43. The third-order valence-corrected chi connectivity index (χ3v) is 4.00. The summed E-state index contributed by atoms with van der Waals surface area (Å²) in [5.74, 6) is 0. The fourth-order valence-corrected chi connectivity index (χ4v) is 2.86. The molecule has 0 saturated heterocycles. The Balaban J connectivity index is 2.88. The van der Waals surface area contributed by atoms with Crippen LogP contribution in [-0.4, -0.2) is 11.7 Å². The maximum atomic E-state index is 9.43. The lowest BCUT2D eigenvalue weighted by molar-refractivity contribution is 0.190. The van der Waals surface area contributed by atoms with Gasteiger partial charge in [0.1, 0.15) is 6.10 Å². The van der Waals surface area contributed by atoms with Gasteiger partial charge in [-0.2, -0.15) is 0 Å². The van der Waals surface area contributed by atoms with E-state index in [4.69, 9.17) is 5.73 Å². The smallest absolute Gasteiger partial charge is 0.100 e. The molecule has 0 aromatic carbocycles. The monoisotopic (exact) mass is 249 g/mol. The second kappa shape index (κ2) is 4.37. The van der Waals surface area contributed by atoms with Crippen LogP contribution in [-0.2, 0) is 6.42 Å². The fourth-order valence-electron chi connectivity index (χ4n) is 0.947. The molecule has 1 heterocycles. The number of aliphatic hydroxyl groups excluding tert-OH is 1. The minimum Gasteiger partial charge on any atom is -0.386 e. The van der Waals surface area contributed by atoms with E-state index >= 15 is 0 Å². The van der Waals surface area contributed by atoms with Crippen LogP contribution in [0.15, 0.2) is 10.5 Å². The number of nitrogens with two attached hydrogens (primary N) is 1. The molecule has 12 heavy (non-hydrogen) atoms. The second-order valence-electron chi connectivity index (χ2n) is 2.52. The largest absolute Gasteiger partial charge is 0.386 e.